The molecule has 2 rings (SSSR count). The molecule has 0 aliphatic rings. The Morgan fingerprint density at radius 1 is 1.13 bits per heavy atom. The van der Waals surface area contributed by atoms with Crippen molar-refractivity contribution in [2.24, 2.45) is 0 Å². The number of hydrogen-bond donors (Lipinski definition) is 0. The largest absolute Gasteiger partial charge is 0.529 e. The molecule has 0 fully saturated rings. The lowest BCUT2D eigenvalue weighted by Crippen LogP contribution is -2.29. The number of aryl methyl sites for hydroxylation is 1. The molecule has 0 radical (unpaired) electrons. The fourth-order valence-electron chi connectivity index (χ4n) is 2.58. The van der Waals surface area contributed by atoms with Crippen molar-refractivity contribution >= 4 is 42.5 Å². The Morgan fingerprint density at radius 2 is 1.87 bits per heavy atom. The maximum Gasteiger partial charge on any atom is 0.344 e. The van der Waals surface area contributed by atoms with E-state index in [0.717, 1.165) is 32.7 Å². The van der Waals surface area contributed by atoms with Crippen molar-refractivity contribution in [1.29, 1.82) is 0 Å². The number of hydrogen-bond acceptors (Lipinski definition) is 5. The van der Waals surface area contributed by atoms with Crippen LogP contribution in [-0.4, -0.2) is 34.2 Å². The molecule has 7 heteroatoms. The minimum atomic E-state index is -0.588. The van der Waals surface area contributed by atoms with Crippen molar-refractivity contribution in [1.82, 2.24) is 0 Å². The van der Waals surface area contributed by atoms with Gasteiger partial charge in [0.25, 0.3) is 0 Å². The first kappa shape index (κ1) is 25.8. The summed E-state index contributed by atoms with van der Waals surface area (Å²) >= 11 is 5.37. The van der Waals surface area contributed by atoms with Crippen LogP contribution in [0.2, 0.25) is 11.6 Å². The predicted molar refractivity (Wildman–Crippen MR) is 134 cm³/mol. The second-order valence-electron chi connectivity index (χ2n) is 8.42. The van der Waals surface area contributed by atoms with Crippen molar-refractivity contribution < 1.29 is 19.0 Å². The molecule has 170 valence electrons. The Labute approximate surface area is 200 Å². The van der Waals surface area contributed by atoms with Crippen molar-refractivity contribution in [3.05, 3.63) is 52.0 Å². The van der Waals surface area contributed by atoms with E-state index in [9.17, 15) is 4.79 Å². The van der Waals surface area contributed by atoms with Crippen LogP contribution >= 0.6 is 27.7 Å². The van der Waals surface area contributed by atoms with Gasteiger partial charge in [0.2, 0.25) is 0 Å². The van der Waals surface area contributed by atoms with E-state index in [1.165, 1.54) is 5.56 Å². The lowest BCUT2D eigenvalue weighted by molar-refractivity contribution is -0.145. The van der Waals surface area contributed by atoms with Gasteiger partial charge in [0, 0.05) is 15.1 Å². The zero-order chi connectivity index (χ0) is 23.0. The van der Waals surface area contributed by atoms with Gasteiger partial charge in [-0.3, -0.25) is 0 Å². The second kappa shape index (κ2) is 12.0. The topological polar surface area (TPSA) is 44.8 Å². The molecule has 0 aliphatic carbocycles. The van der Waals surface area contributed by atoms with Crippen molar-refractivity contribution in [3.63, 3.8) is 0 Å². The van der Waals surface area contributed by atoms with Crippen LogP contribution in [0, 0.1) is 6.92 Å². The average Bonchev–Trinajstić information content (AvgIpc) is 2.69. The molecular formula is C24H32BrO4SSi-. The average molecular weight is 525 g/mol. The molecule has 0 bridgehead atoms. The van der Waals surface area contributed by atoms with E-state index in [4.69, 9.17) is 14.2 Å². The highest BCUT2D eigenvalue weighted by Crippen LogP contribution is 2.31. The third-order valence-corrected chi connectivity index (χ3v) is 9.53. The Hall–Kier alpha value is -1.44. The molecule has 0 aromatic heterocycles. The molecule has 0 aliphatic heterocycles. The molecule has 2 aromatic carbocycles. The highest BCUT2D eigenvalue weighted by Gasteiger charge is 2.10. The number of halogens is 1. The third kappa shape index (κ3) is 8.91. The van der Waals surface area contributed by atoms with Gasteiger partial charge in [-0.25, -0.2) is 13.6 Å². The van der Waals surface area contributed by atoms with E-state index in [1.54, 1.807) is 18.7 Å². The monoisotopic (exact) mass is 523 g/mol. The lowest BCUT2D eigenvalue weighted by atomic mass is 10.2. The summed E-state index contributed by atoms with van der Waals surface area (Å²) < 4.78 is 17.6. The van der Waals surface area contributed by atoms with Crippen molar-refractivity contribution in [2.75, 3.05) is 19.4 Å². The van der Waals surface area contributed by atoms with Gasteiger partial charge in [0.05, 0.1) is 6.61 Å². The van der Waals surface area contributed by atoms with Gasteiger partial charge in [-0.15, -0.1) is 11.8 Å². The number of thioether (sulfide) groups is 1. The highest BCUT2D eigenvalue weighted by molar-refractivity contribution is 9.10. The Balaban J connectivity index is 1.95. The first-order valence-electron chi connectivity index (χ1n) is 10.4. The molecule has 0 atom stereocenters. The second-order valence-corrected chi connectivity index (χ2v) is 13.7. The summed E-state index contributed by atoms with van der Waals surface area (Å²) in [6.07, 6.45) is 0.795. The van der Waals surface area contributed by atoms with Crippen LogP contribution in [0.1, 0.15) is 38.8 Å². The van der Waals surface area contributed by atoms with E-state index in [2.05, 4.69) is 61.4 Å². The van der Waals surface area contributed by atoms with Gasteiger partial charge < -0.3 is 14.2 Å². The number of esters is 1. The molecule has 0 amide bonds. The van der Waals surface area contributed by atoms with Crippen LogP contribution in [0.5, 0.6) is 11.5 Å². The van der Waals surface area contributed by atoms with Gasteiger partial charge >= 0.3 is 5.97 Å². The maximum atomic E-state index is 11.5. The van der Waals surface area contributed by atoms with Crippen molar-refractivity contribution in [3.8, 4) is 11.5 Å². The molecule has 4 nitrogen and oxygen atoms in total. The Bertz CT molecular complexity index is 882. The number of benzene rings is 2. The summed E-state index contributed by atoms with van der Waals surface area (Å²) in [4.78, 5) is 12.6. The summed E-state index contributed by atoms with van der Waals surface area (Å²) in [5.41, 5.74) is 2.20. The standard InChI is InChI=1S/C24H32BrO4SSi/c1-7-27-23(26)14-28-22-9-8-21(10-17(22)2)30-15-18-11-19(25)13-20(12-18)29-16-31(6)24(3,4)5/h8-13H,7,14-16H2,1-6H3/q-1. The first-order valence-corrected chi connectivity index (χ1v) is 14.3. The van der Waals surface area contributed by atoms with Crippen LogP contribution in [0.15, 0.2) is 45.8 Å². The van der Waals surface area contributed by atoms with Crippen LogP contribution in [0.4, 0.5) is 0 Å². The molecule has 0 unspecified atom stereocenters. The van der Waals surface area contributed by atoms with Crippen molar-refractivity contribution in [2.45, 2.75) is 56.9 Å². The molecule has 0 saturated carbocycles. The zero-order valence-electron chi connectivity index (χ0n) is 19.2. The predicted octanol–water partition coefficient (Wildman–Crippen LogP) is 6.83. The van der Waals surface area contributed by atoms with Crippen LogP contribution < -0.4 is 9.47 Å². The fraction of sp³-hybridized carbons (Fsp3) is 0.458. The van der Waals surface area contributed by atoms with E-state index in [-0.39, 0.29) is 12.6 Å². The summed E-state index contributed by atoms with van der Waals surface area (Å²) in [6.45, 7) is 13.2. The quantitative estimate of drug-likeness (QED) is 0.194. The minimum Gasteiger partial charge on any atom is -0.529 e. The third-order valence-electron chi connectivity index (χ3n) is 4.87. The minimum absolute atomic E-state index is 0.0715. The van der Waals surface area contributed by atoms with Crippen LogP contribution in [0.25, 0.3) is 0 Å². The van der Waals surface area contributed by atoms with Gasteiger partial charge in [0.15, 0.2) is 6.61 Å². The molecule has 31 heavy (non-hydrogen) atoms. The van der Waals surface area contributed by atoms with Gasteiger partial charge in [0.1, 0.15) is 11.5 Å². The summed E-state index contributed by atoms with van der Waals surface area (Å²) in [6, 6.07) is 12.3. The maximum absolute atomic E-state index is 11.5. The van der Waals surface area contributed by atoms with E-state index >= 15 is 0 Å². The molecular weight excluding hydrogens is 492 g/mol. The molecule has 0 saturated heterocycles. The highest BCUT2D eigenvalue weighted by atomic mass is 79.9. The smallest absolute Gasteiger partial charge is 0.344 e. The molecule has 0 N–H and O–H groups in total. The van der Waals surface area contributed by atoms with E-state index < -0.39 is 8.80 Å². The molecule has 0 heterocycles. The van der Waals surface area contributed by atoms with Gasteiger partial charge in [-0.05, 0) is 67.6 Å². The van der Waals surface area contributed by atoms with E-state index in [0.29, 0.717) is 17.4 Å². The van der Waals surface area contributed by atoms with Gasteiger partial charge in [-0.2, -0.15) is 11.6 Å². The summed E-state index contributed by atoms with van der Waals surface area (Å²) in [5, 5.41) is 0.319. The SMILES string of the molecule is CCOC(=O)COc1ccc(SCc2cc(Br)cc(OC[Si-](C)C(C)(C)C)c2)cc1C. The number of carbonyl (C=O) groups excluding carboxylic acids is 1. The fourth-order valence-corrected chi connectivity index (χ4v) is 4.84. The van der Waals surface area contributed by atoms with E-state index in [1.807, 2.05) is 25.1 Å². The normalized spacial score (nSPS) is 11.5. The number of ether oxygens (including phenoxy) is 3. The Morgan fingerprint density at radius 3 is 2.52 bits per heavy atom. The molecule has 0 spiro atoms. The van der Waals surface area contributed by atoms with Crippen LogP contribution in [0.3, 0.4) is 0 Å². The number of rotatable bonds is 10. The summed E-state index contributed by atoms with van der Waals surface area (Å²) in [5.74, 6) is 2.09. The van der Waals surface area contributed by atoms with Gasteiger partial charge in [-0.1, -0.05) is 36.7 Å². The summed E-state index contributed by atoms with van der Waals surface area (Å²) in [7, 11) is -0.588. The number of carbonyl (C=O) groups is 1. The Kier molecular flexibility index (Phi) is 9.97. The molecule has 2 aromatic rings. The first-order chi connectivity index (χ1) is 14.6. The van der Waals surface area contributed by atoms with Crippen LogP contribution in [-0.2, 0) is 15.3 Å². The lowest BCUT2D eigenvalue weighted by Gasteiger charge is -2.39. The zero-order valence-corrected chi connectivity index (χ0v) is 22.6.